The van der Waals surface area contributed by atoms with Gasteiger partial charge in [-0.25, -0.2) is 14.6 Å². The molecule has 0 amide bonds. The van der Waals surface area contributed by atoms with Crippen LogP contribution in [0.5, 0.6) is 0 Å². The lowest BCUT2D eigenvalue weighted by Gasteiger charge is -2.02. The number of hydrogen-bond donors (Lipinski definition) is 0. The molecule has 0 atom stereocenters. The van der Waals surface area contributed by atoms with E-state index in [2.05, 4.69) is 9.72 Å². The van der Waals surface area contributed by atoms with Crippen molar-refractivity contribution in [3.05, 3.63) is 53.0 Å². The predicted octanol–water partition coefficient (Wildman–Crippen LogP) is 3.64. The first-order chi connectivity index (χ1) is 11.6. The molecular formula is C17H13NO5S. The summed E-state index contributed by atoms with van der Waals surface area (Å²) in [5.41, 5.74) is 1.10. The molecule has 0 saturated carbocycles. The highest BCUT2D eigenvalue weighted by atomic mass is 32.1. The van der Waals surface area contributed by atoms with Crippen molar-refractivity contribution in [2.75, 3.05) is 14.2 Å². The number of oxazole rings is 1. The zero-order valence-corrected chi connectivity index (χ0v) is 13.8. The highest BCUT2D eigenvalue weighted by molar-refractivity contribution is 7.13. The monoisotopic (exact) mass is 343 g/mol. The van der Waals surface area contributed by atoms with Gasteiger partial charge in [-0.1, -0.05) is 18.2 Å². The molecule has 1 aromatic carbocycles. The van der Waals surface area contributed by atoms with E-state index in [4.69, 9.17) is 9.15 Å². The maximum absolute atomic E-state index is 12.0. The molecule has 7 heteroatoms. The van der Waals surface area contributed by atoms with Gasteiger partial charge >= 0.3 is 11.9 Å². The van der Waals surface area contributed by atoms with Crippen molar-refractivity contribution >= 4 is 23.3 Å². The quantitative estimate of drug-likeness (QED) is 0.673. The third kappa shape index (κ3) is 2.93. The van der Waals surface area contributed by atoms with Crippen molar-refractivity contribution < 1.29 is 23.5 Å². The molecular weight excluding hydrogens is 330 g/mol. The Bertz CT molecular complexity index is 865. The molecule has 0 saturated heterocycles. The van der Waals surface area contributed by atoms with Gasteiger partial charge in [-0.3, -0.25) is 0 Å². The minimum absolute atomic E-state index is 0.0896. The van der Waals surface area contributed by atoms with Gasteiger partial charge in [-0.05, 0) is 23.6 Å². The number of nitrogens with zero attached hydrogens (tertiary/aromatic N) is 1. The maximum atomic E-state index is 12.0. The number of methoxy groups -OCH3 is 2. The van der Waals surface area contributed by atoms with Gasteiger partial charge in [0.05, 0.1) is 24.7 Å². The van der Waals surface area contributed by atoms with Gasteiger partial charge in [0.2, 0.25) is 5.89 Å². The van der Waals surface area contributed by atoms with Crippen LogP contribution in [0.25, 0.3) is 22.1 Å². The van der Waals surface area contributed by atoms with Crippen molar-refractivity contribution in [2.24, 2.45) is 0 Å². The summed E-state index contributed by atoms with van der Waals surface area (Å²) in [7, 11) is 2.60. The average molecular weight is 343 g/mol. The maximum Gasteiger partial charge on any atom is 0.360 e. The van der Waals surface area contributed by atoms with E-state index >= 15 is 0 Å². The first-order valence-corrected chi connectivity index (χ1v) is 7.83. The summed E-state index contributed by atoms with van der Waals surface area (Å²) in [5, 5.41) is 1.89. The molecule has 0 bridgehead atoms. The van der Waals surface area contributed by atoms with Crippen LogP contribution in [0, 0.1) is 0 Å². The second-order valence-electron chi connectivity index (χ2n) is 4.73. The van der Waals surface area contributed by atoms with E-state index < -0.39 is 11.9 Å². The summed E-state index contributed by atoms with van der Waals surface area (Å²) < 4.78 is 15.2. The summed E-state index contributed by atoms with van der Waals surface area (Å²) in [6.07, 6.45) is 0. The van der Waals surface area contributed by atoms with Crippen molar-refractivity contribution in [1.29, 1.82) is 0 Å². The molecule has 6 nitrogen and oxygen atoms in total. The van der Waals surface area contributed by atoms with Crippen LogP contribution in [0.15, 0.2) is 46.2 Å². The van der Waals surface area contributed by atoms with Crippen LogP contribution < -0.4 is 0 Å². The third-order valence-electron chi connectivity index (χ3n) is 3.31. The zero-order chi connectivity index (χ0) is 17.1. The Kier molecular flexibility index (Phi) is 4.43. The van der Waals surface area contributed by atoms with Gasteiger partial charge in [-0.15, -0.1) is 11.3 Å². The molecule has 0 N–H and O–H groups in total. The Morgan fingerprint density at radius 2 is 1.75 bits per heavy atom. The molecule has 122 valence electrons. The number of hydrogen-bond acceptors (Lipinski definition) is 7. The van der Waals surface area contributed by atoms with Crippen molar-refractivity contribution in [3.63, 3.8) is 0 Å². The molecule has 3 aromatic rings. The number of rotatable bonds is 4. The lowest BCUT2D eigenvalue weighted by molar-refractivity contribution is 0.0588. The first kappa shape index (κ1) is 15.9. The summed E-state index contributed by atoms with van der Waals surface area (Å²) >= 11 is 1.45. The summed E-state index contributed by atoms with van der Waals surface area (Å²) in [5.74, 6) is -0.390. The van der Waals surface area contributed by atoms with E-state index in [9.17, 15) is 9.59 Å². The number of aromatic nitrogens is 1. The van der Waals surface area contributed by atoms with Gasteiger partial charge in [0.15, 0.2) is 11.5 Å². The fourth-order valence-electron chi connectivity index (χ4n) is 2.13. The number of carbonyl (C=O) groups is 2. The third-order valence-corrected chi connectivity index (χ3v) is 4.16. The van der Waals surface area contributed by atoms with E-state index in [1.165, 1.54) is 25.6 Å². The summed E-state index contributed by atoms with van der Waals surface area (Å²) in [6, 6.07) is 10.2. The number of ether oxygens (including phenoxy) is 2. The topological polar surface area (TPSA) is 78.6 Å². The van der Waals surface area contributed by atoms with Crippen LogP contribution in [-0.2, 0) is 9.47 Å². The Morgan fingerprint density at radius 3 is 2.33 bits per heavy atom. The van der Waals surface area contributed by atoms with Crippen LogP contribution >= 0.6 is 11.3 Å². The zero-order valence-electron chi connectivity index (χ0n) is 12.9. The molecule has 0 fully saturated rings. The standard InChI is InChI=1S/C17H13NO5S/c1-21-16(19)11-7-5-10(6-8-11)14-13(17(20)22-2)18-15(23-14)12-4-3-9-24-12/h3-9H,1-2H3. The van der Waals surface area contributed by atoms with Crippen LogP contribution in [0.3, 0.4) is 0 Å². The SMILES string of the molecule is COC(=O)c1ccc(-c2oc(-c3cccs3)nc2C(=O)OC)cc1. The average Bonchev–Trinajstić information content (AvgIpc) is 3.29. The first-order valence-electron chi connectivity index (χ1n) is 6.95. The molecule has 0 aliphatic rings. The molecule has 0 radical (unpaired) electrons. The van der Waals surface area contributed by atoms with E-state index in [0.717, 1.165) is 4.88 Å². The number of esters is 2. The van der Waals surface area contributed by atoms with Gasteiger partial charge < -0.3 is 13.9 Å². The Hall–Kier alpha value is -2.93. The van der Waals surface area contributed by atoms with E-state index in [1.54, 1.807) is 24.3 Å². The summed E-state index contributed by atoms with van der Waals surface area (Å²) in [6.45, 7) is 0. The van der Waals surface area contributed by atoms with Crippen LogP contribution in [0.2, 0.25) is 0 Å². The minimum atomic E-state index is -0.589. The van der Waals surface area contributed by atoms with Gasteiger partial charge in [0, 0.05) is 5.56 Å². The fraction of sp³-hybridized carbons (Fsp3) is 0.118. The van der Waals surface area contributed by atoms with E-state index in [0.29, 0.717) is 22.8 Å². The van der Waals surface area contributed by atoms with E-state index in [1.807, 2.05) is 17.5 Å². The Labute approximate surface area is 141 Å². The minimum Gasteiger partial charge on any atom is -0.465 e. The highest BCUT2D eigenvalue weighted by Gasteiger charge is 2.23. The van der Waals surface area contributed by atoms with Crippen molar-refractivity contribution in [1.82, 2.24) is 4.98 Å². The van der Waals surface area contributed by atoms with Gasteiger partial charge in [0.25, 0.3) is 0 Å². The van der Waals surface area contributed by atoms with Crippen LogP contribution in [0.1, 0.15) is 20.8 Å². The number of carbonyl (C=O) groups excluding carboxylic acids is 2. The normalized spacial score (nSPS) is 10.4. The lowest BCUT2D eigenvalue weighted by atomic mass is 10.1. The molecule has 2 heterocycles. The molecule has 0 unspecified atom stereocenters. The van der Waals surface area contributed by atoms with Crippen LogP contribution in [0.4, 0.5) is 0 Å². The molecule has 3 rings (SSSR count). The fourth-order valence-corrected chi connectivity index (χ4v) is 2.78. The Morgan fingerprint density at radius 1 is 1.04 bits per heavy atom. The van der Waals surface area contributed by atoms with Crippen molar-refractivity contribution in [2.45, 2.75) is 0 Å². The van der Waals surface area contributed by atoms with Gasteiger partial charge in [0.1, 0.15) is 0 Å². The molecule has 0 spiro atoms. The molecule has 24 heavy (non-hydrogen) atoms. The highest BCUT2D eigenvalue weighted by Crippen LogP contribution is 2.32. The predicted molar refractivity (Wildman–Crippen MR) is 87.9 cm³/mol. The molecule has 0 aliphatic carbocycles. The molecule has 0 aliphatic heterocycles. The van der Waals surface area contributed by atoms with Crippen LogP contribution in [-0.4, -0.2) is 31.1 Å². The smallest absolute Gasteiger partial charge is 0.360 e. The second kappa shape index (κ2) is 6.67. The van der Waals surface area contributed by atoms with Crippen molar-refractivity contribution in [3.8, 4) is 22.1 Å². The molecule has 2 aromatic heterocycles. The Balaban J connectivity index is 2.05. The largest absolute Gasteiger partial charge is 0.465 e. The van der Waals surface area contributed by atoms with Gasteiger partial charge in [-0.2, -0.15) is 0 Å². The lowest BCUT2D eigenvalue weighted by Crippen LogP contribution is -2.04. The number of benzene rings is 1. The second-order valence-corrected chi connectivity index (χ2v) is 5.68. The summed E-state index contributed by atoms with van der Waals surface area (Å²) in [4.78, 5) is 28.6. The van der Waals surface area contributed by atoms with E-state index in [-0.39, 0.29) is 5.69 Å². The number of thiophene rings is 1.